The van der Waals surface area contributed by atoms with Crippen molar-refractivity contribution in [3.63, 3.8) is 0 Å². The lowest BCUT2D eigenvalue weighted by molar-refractivity contribution is 1.13. The van der Waals surface area contributed by atoms with Crippen LogP contribution in [0.1, 0.15) is 5.56 Å². The van der Waals surface area contributed by atoms with Crippen molar-refractivity contribution in [2.24, 2.45) is 0 Å². The molecule has 0 amide bonds. The van der Waals surface area contributed by atoms with E-state index in [1.165, 1.54) is 5.56 Å². The van der Waals surface area contributed by atoms with Gasteiger partial charge in [-0.2, -0.15) is 0 Å². The minimum absolute atomic E-state index is 0.701. The molecule has 0 aliphatic heterocycles. The summed E-state index contributed by atoms with van der Waals surface area (Å²) in [6.45, 7) is 0. The van der Waals surface area contributed by atoms with Crippen LogP contribution in [-0.4, -0.2) is 4.98 Å². The molecule has 0 fully saturated rings. The van der Waals surface area contributed by atoms with Gasteiger partial charge >= 0.3 is 0 Å². The smallest absolute Gasteiger partial charge is 0.0964 e. The fourth-order valence-corrected chi connectivity index (χ4v) is 2.49. The van der Waals surface area contributed by atoms with Crippen LogP contribution in [0.3, 0.4) is 0 Å². The van der Waals surface area contributed by atoms with Gasteiger partial charge < -0.3 is 5.73 Å². The number of thioether (sulfide) groups is 1. The molecule has 2 rings (SSSR count). The predicted molar refractivity (Wildman–Crippen MR) is 72.4 cm³/mol. The highest BCUT2D eigenvalue weighted by Gasteiger charge is 1.98. The maximum Gasteiger partial charge on any atom is 0.0964 e. The second-order valence-corrected chi connectivity index (χ2v) is 5.26. The molecule has 4 heteroatoms. The first-order valence-electron chi connectivity index (χ1n) is 4.83. The number of aromatic nitrogens is 1. The molecule has 2 nitrogen and oxygen atoms in total. The van der Waals surface area contributed by atoms with E-state index in [-0.39, 0.29) is 0 Å². The molecule has 16 heavy (non-hydrogen) atoms. The summed E-state index contributed by atoms with van der Waals surface area (Å²) in [6, 6.07) is 12.1. The minimum atomic E-state index is 0.701. The number of nitrogens with zero attached hydrogens (tertiary/aromatic N) is 1. The van der Waals surface area contributed by atoms with Gasteiger partial charge in [0.25, 0.3) is 0 Å². The number of hydrogen-bond donors (Lipinski definition) is 1. The lowest BCUT2D eigenvalue weighted by atomic mass is 10.2. The summed E-state index contributed by atoms with van der Waals surface area (Å²) in [4.78, 5) is 4.24. The van der Waals surface area contributed by atoms with Gasteiger partial charge in [-0.15, -0.1) is 11.8 Å². The van der Waals surface area contributed by atoms with Crippen LogP contribution in [0.15, 0.2) is 52.1 Å². The van der Waals surface area contributed by atoms with Crippen LogP contribution < -0.4 is 5.73 Å². The zero-order chi connectivity index (χ0) is 11.4. The van der Waals surface area contributed by atoms with E-state index in [1.54, 1.807) is 18.0 Å². The molecule has 0 spiro atoms. The lowest BCUT2D eigenvalue weighted by Crippen LogP contribution is -1.87. The fraction of sp³-hybridized carbons (Fsp3) is 0.0833. The molecular weight excluding hydrogens is 284 g/mol. The molecule has 0 saturated heterocycles. The second kappa shape index (κ2) is 5.37. The van der Waals surface area contributed by atoms with E-state index in [4.69, 9.17) is 5.73 Å². The van der Waals surface area contributed by atoms with E-state index in [0.717, 1.165) is 15.3 Å². The average molecular weight is 295 g/mol. The summed E-state index contributed by atoms with van der Waals surface area (Å²) in [7, 11) is 0. The van der Waals surface area contributed by atoms with E-state index in [1.807, 2.05) is 24.3 Å². The second-order valence-electron chi connectivity index (χ2n) is 3.35. The van der Waals surface area contributed by atoms with Gasteiger partial charge in [0.2, 0.25) is 0 Å². The molecule has 2 N–H and O–H groups in total. The quantitative estimate of drug-likeness (QED) is 0.877. The van der Waals surface area contributed by atoms with Gasteiger partial charge in [0.15, 0.2) is 0 Å². The van der Waals surface area contributed by atoms with E-state index in [0.29, 0.717) is 5.69 Å². The SMILES string of the molecule is Nc1ccc(SCc2cccc(Br)c2)nc1. The van der Waals surface area contributed by atoms with Gasteiger partial charge in [-0.3, -0.25) is 0 Å². The van der Waals surface area contributed by atoms with Gasteiger partial charge in [0.1, 0.15) is 0 Å². The molecule has 1 aromatic carbocycles. The summed E-state index contributed by atoms with van der Waals surface area (Å²) < 4.78 is 1.11. The highest BCUT2D eigenvalue weighted by molar-refractivity contribution is 9.10. The number of rotatable bonds is 3. The van der Waals surface area contributed by atoms with Gasteiger partial charge in [-0.25, -0.2) is 4.98 Å². The lowest BCUT2D eigenvalue weighted by Gasteiger charge is -2.02. The molecule has 0 aliphatic carbocycles. The maximum atomic E-state index is 5.58. The summed E-state index contributed by atoms with van der Waals surface area (Å²) in [5.74, 6) is 0.913. The number of anilines is 1. The number of benzene rings is 1. The van der Waals surface area contributed by atoms with E-state index < -0.39 is 0 Å². The molecule has 0 radical (unpaired) electrons. The molecule has 0 bridgehead atoms. The molecule has 1 aromatic heterocycles. The highest BCUT2D eigenvalue weighted by Crippen LogP contribution is 2.22. The summed E-state index contributed by atoms with van der Waals surface area (Å²) in [5, 5.41) is 0.995. The Hall–Kier alpha value is -1.00. The van der Waals surface area contributed by atoms with Crippen molar-refractivity contribution in [2.45, 2.75) is 10.8 Å². The van der Waals surface area contributed by atoms with E-state index in [9.17, 15) is 0 Å². The first-order valence-corrected chi connectivity index (χ1v) is 6.61. The Morgan fingerprint density at radius 3 is 2.81 bits per heavy atom. The maximum absolute atomic E-state index is 5.58. The molecule has 0 atom stereocenters. The van der Waals surface area contributed by atoms with Crippen molar-refractivity contribution in [3.8, 4) is 0 Å². The molecule has 0 unspecified atom stereocenters. The van der Waals surface area contributed by atoms with E-state index >= 15 is 0 Å². The number of pyridine rings is 1. The summed E-state index contributed by atoms with van der Waals surface area (Å²) in [6.07, 6.45) is 1.68. The van der Waals surface area contributed by atoms with Crippen LogP contribution in [0.2, 0.25) is 0 Å². The van der Waals surface area contributed by atoms with Crippen molar-refractivity contribution < 1.29 is 0 Å². The number of nitrogen functional groups attached to an aromatic ring is 1. The fourth-order valence-electron chi connectivity index (χ4n) is 1.26. The predicted octanol–water partition coefficient (Wildman–Crippen LogP) is 3.72. The van der Waals surface area contributed by atoms with Crippen molar-refractivity contribution >= 4 is 33.4 Å². The van der Waals surface area contributed by atoms with E-state index in [2.05, 4.69) is 33.0 Å². The van der Waals surface area contributed by atoms with Gasteiger partial charge in [-0.05, 0) is 29.8 Å². The third kappa shape index (κ3) is 3.25. The molecular formula is C12H11BrN2S. The zero-order valence-electron chi connectivity index (χ0n) is 8.56. The molecule has 0 aliphatic rings. The topological polar surface area (TPSA) is 38.9 Å². The first-order chi connectivity index (χ1) is 7.74. The van der Waals surface area contributed by atoms with Crippen molar-refractivity contribution in [3.05, 3.63) is 52.6 Å². The summed E-state index contributed by atoms with van der Waals surface area (Å²) >= 11 is 5.16. The van der Waals surface area contributed by atoms with Crippen LogP contribution in [-0.2, 0) is 5.75 Å². The Bertz CT molecular complexity index is 471. The molecule has 82 valence electrons. The van der Waals surface area contributed by atoms with Gasteiger partial charge in [0, 0.05) is 10.2 Å². The van der Waals surface area contributed by atoms with Gasteiger partial charge in [0.05, 0.1) is 16.9 Å². The standard InChI is InChI=1S/C12H11BrN2S/c13-10-3-1-2-9(6-10)8-16-12-5-4-11(14)7-15-12/h1-7H,8,14H2. The Balaban J connectivity index is 1.99. The Labute approximate surface area is 107 Å². The normalized spacial score (nSPS) is 10.3. The van der Waals surface area contributed by atoms with Crippen molar-refractivity contribution in [1.82, 2.24) is 4.98 Å². The van der Waals surface area contributed by atoms with Crippen molar-refractivity contribution in [1.29, 1.82) is 0 Å². The van der Waals surface area contributed by atoms with Crippen LogP contribution in [0.25, 0.3) is 0 Å². The zero-order valence-corrected chi connectivity index (χ0v) is 11.0. The Kier molecular flexibility index (Phi) is 3.85. The average Bonchev–Trinajstić information content (AvgIpc) is 2.28. The third-order valence-electron chi connectivity index (χ3n) is 2.03. The number of hydrogen-bond acceptors (Lipinski definition) is 3. The molecule has 0 saturated carbocycles. The third-order valence-corrected chi connectivity index (χ3v) is 3.54. The summed E-state index contributed by atoms with van der Waals surface area (Å²) in [5.41, 5.74) is 7.55. The monoisotopic (exact) mass is 294 g/mol. The first kappa shape index (κ1) is 11.5. The number of nitrogens with two attached hydrogens (primary N) is 1. The van der Waals surface area contributed by atoms with Crippen molar-refractivity contribution in [2.75, 3.05) is 5.73 Å². The number of halogens is 1. The van der Waals surface area contributed by atoms with Gasteiger partial charge in [-0.1, -0.05) is 28.1 Å². The Morgan fingerprint density at radius 1 is 1.25 bits per heavy atom. The highest BCUT2D eigenvalue weighted by atomic mass is 79.9. The molecule has 2 aromatic rings. The van der Waals surface area contributed by atoms with Crippen LogP contribution in [0.5, 0.6) is 0 Å². The largest absolute Gasteiger partial charge is 0.397 e. The van der Waals surface area contributed by atoms with Crippen LogP contribution in [0.4, 0.5) is 5.69 Å². The van der Waals surface area contributed by atoms with Crippen LogP contribution in [0, 0.1) is 0 Å². The minimum Gasteiger partial charge on any atom is -0.397 e. The molecule has 1 heterocycles. The Morgan fingerprint density at radius 2 is 2.12 bits per heavy atom. The van der Waals surface area contributed by atoms with Crippen LogP contribution >= 0.6 is 27.7 Å².